The Morgan fingerprint density at radius 3 is 2.65 bits per heavy atom. The summed E-state index contributed by atoms with van der Waals surface area (Å²) in [6, 6.07) is 5.39. The molecule has 2 rings (SSSR count). The molecule has 0 aromatic heterocycles. The number of halogens is 2. The highest BCUT2D eigenvalue weighted by molar-refractivity contribution is 6.34. The van der Waals surface area contributed by atoms with Gasteiger partial charge in [-0.25, -0.2) is 0 Å². The second kappa shape index (κ2) is 5.00. The van der Waals surface area contributed by atoms with Gasteiger partial charge in [0.1, 0.15) is 0 Å². The van der Waals surface area contributed by atoms with Gasteiger partial charge in [0, 0.05) is 16.0 Å². The lowest BCUT2D eigenvalue weighted by Gasteiger charge is -2.03. The summed E-state index contributed by atoms with van der Waals surface area (Å²) >= 11 is 11.8. The largest absolute Gasteiger partial charge is 0.345 e. The van der Waals surface area contributed by atoms with Gasteiger partial charge in [-0.3, -0.25) is 4.79 Å². The van der Waals surface area contributed by atoms with E-state index in [-0.39, 0.29) is 24.3 Å². The number of nitrogens with one attached hydrogen (secondary N) is 1. The zero-order chi connectivity index (χ0) is 12.4. The van der Waals surface area contributed by atoms with Crippen molar-refractivity contribution in [2.75, 3.05) is 6.54 Å². The maximum atomic E-state index is 11.6. The molecular weight excluding hydrogens is 257 g/mol. The molecule has 1 N–H and O–H groups in total. The van der Waals surface area contributed by atoms with E-state index in [0.717, 1.165) is 12.0 Å². The molecule has 1 saturated carbocycles. The molecule has 2 atom stereocenters. The summed E-state index contributed by atoms with van der Waals surface area (Å²) in [4.78, 5) is 11.6. The molecule has 1 aliphatic carbocycles. The molecule has 0 aliphatic heterocycles. The van der Waals surface area contributed by atoms with E-state index in [1.807, 2.05) is 12.1 Å². The minimum absolute atomic E-state index is 0.00196. The third kappa shape index (κ3) is 2.94. The van der Waals surface area contributed by atoms with Crippen LogP contribution in [0.3, 0.4) is 0 Å². The summed E-state index contributed by atoms with van der Waals surface area (Å²) in [6.45, 7) is 0.276. The summed E-state index contributed by atoms with van der Waals surface area (Å²) in [6.07, 6.45) is 5.91. The number of carbonyl (C=O) groups excluding carboxylic acids is 1. The lowest BCUT2D eigenvalue weighted by atomic mass is 10.1. The Hall–Kier alpha value is -1.17. The molecule has 4 heteroatoms. The summed E-state index contributed by atoms with van der Waals surface area (Å²) in [5, 5.41) is 3.88. The first kappa shape index (κ1) is 12.3. The maximum absolute atomic E-state index is 11.6. The zero-order valence-corrected chi connectivity index (χ0v) is 10.6. The van der Waals surface area contributed by atoms with Crippen LogP contribution in [0.15, 0.2) is 18.2 Å². The van der Waals surface area contributed by atoms with Crippen molar-refractivity contribution in [3.05, 3.63) is 33.8 Å². The van der Waals surface area contributed by atoms with Crippen LogP contribution in [0.5, 0.6) is 0 Å². The zero-order valence-electron chi connectivity index (χ0n) is 9.04. The van der Waals surface area contributed by atoms with E-state index < -0.39 is 0 Å². The minimum atomic E-state index is -0.00196. The van der Waals surface area contributed by atoms with E-state index in [2.05, 4.69) is 11.2 Å². The second-order valence-electron chi connectivity index (χ2n) is 4.07. The van der Waals surface area contributed by atoms with Crippen molar-refractivity contribution in [1.29, 1.82) is 0 Å². The van der Waals surface area contributed by atoms with Gasteiger partial charge in [0.15, 0.2) is 0 Å². The molecule has 17 heavy (non-hydrogen) atoms. The van der Waals surface area contributed by atoms with E-state index in [1.165, 1.54) is 0 Å². The second-order valence-corrected chi connectivity index (χ2v) is 4.95. The number of rotatable bonds is 3. The van der Waals surface area contributed by atoms with E-state index in [1.54, 1.807) is 6.07 Å². The van der Waals surface area contributed by atoms with Crippen molar-refractivity contribution < 1.29 is 4.79 Å². The van der Waals surface area contributed by atoms with Crippen molar-refractivity contribution in [3.8, 4) is 12.3 Å². The number of carbonyl (C=O) groups is 1. The molecule has 1 aromatic rings. The first-order valence-corrected chi connectivity index (χ1v) is 6.04. The fourth-order valence-corrected chi connectivity index (χ4v) is 2.45. The van der Waals surface area contributed by atoms with Crippen LogP contribution in [0.2, 0.25) is 10.0 Å². The first-order valence-electron chi connectivity index (χ1n) is 5.29. The van der Waals surface area contributed by atoms with Crippen LogP contribution in [-0.4, -0.2) is 12.5 Å². The SMILES string of the molecule is C#CCNC(=O)[C@H]1C[C@@H]1c1cc(Cl)cc(Cl)c1. The number of hydrogen-bond donors (Lipinski definition) is 1. The molecule has 1 aromatic carbocycles. The van der Waals surface area contributed by atoms with Gasteiger partial charge in [0.2, 0.25) is 5.91 Å². The normalized spacial score (nSPS) is 21.7. The van der Waals surface area contributed by atoms with Crippen LogP contribution in [0.4, 0.5) is 0 Å². The lowest BCUT2D eigenvalue weighted by Crippen LogP contribution is -2.25. The van der Waals surface area contributed by atoms with E-state index in [9.17, 15) is 4.79 Å². The first-order chi connectivity index (χ1) is 8.11. The highest BCUT2D eigenvalue weighted by atomic mass is 35.5. The fourth-order valence-electron chi connectivity index (χ4n) is 1.91. The van der Waals surface area contributed by atoms with Crippen LogP contribution in [0, 0.1) is 18.3 Å². The Balaban J connectivity index is 2.03. The molecule has 1 amide bonds. The topological polar surface area (TPSA) is 29.1 Å². The fraction of sp³-hybridized carbons (Fsp3) is 0.308. The molecule has 2 nitrogen and oxygen atoms in total. The number of terminal acetylenes is 1. The van der Waals surface area contributed by atoms with Crippen LogP contribution >= 0.6 is 23.2 Å². The molecule has 0 saturated heterocycles. The van der Waals surface area contributed by atoms with Crippen LogP contribution in [-0.2, 0) is 4.79 Å². The molecular formula is C13H11Cl2NO. The van der Waals surface area contributed by atoms with Crippen LogP contribution in [0.25, 0.3) is 0 Å². The average molecular weight is 268 g/mol. The van der Waals surface area contributed by atoms with Gasteiger partial charge in [-0.2, -0.15) is 0 Å². The standard InChI is InChI=1S/C13H11Cl2NO/c1-2-3-16-13(17)12-7-11(12)8-4-9(14)6-10(15)5-8/h1,4-6,11-12H,3,7H2,(H,16,17)/t11-,12+/m1/s1. The summed E-state index contributed by atoms with van der Waals surface area (Å²) < 4.78 is 0. The van der Waals surface area contributed by atoms with Crippen molar-refractivity contribution in [3.63, 3.8) is 0 Å². The van der Waals surface area contributed by atoms with Crippen LogP contribution in [0.1, 0.15) is 17.9 Å². The Bertz CT molecular complexity index is 472. The van der Waals surface area contributed by atoms with Gasteiger partial charge in [-0.05, 0) is 36.1 Å². The van der Waals surface area contributed by atoms with Crippen molar-refractivity contribution in [2.45, 2.75) is 12.3 Å². The highest BCUT2D eigenvalue weighted by Crippen LogP contribution is 2.48. The maximum Gasteiger partial charge on any atom is 0.224 e. The molecule has 0 heterocycles. The van der Waals surface area contributed by atoms with Crippen molar-refractivity contribution in [2.24, 2.45) is 5.92 Å². The Kier molecular flexibility index (Phi) is 3.61. The number of amides is 1. The van der Waals surface area contributed by atoms with Crippen LogP contribution < -0.4 is 5.32 Å². The molecule has 0 radical (unpaired) electrons. The quantitative estimate of drug-likeness (QED) is 0.839. The Morgan fingerprint density at radius 2 is 2.06 bits per heavy atom. The number of benzene rings is 1. The molecule has 0 spiro atoms. The third-order valence-corrected chi connectivity index (χ3v) is 3.24. The van der Waals surface area contributed by atoms with E-state index in [0.29, 0.717) is 10.0 Å². The molecule has 88 valence electrons. The van der Waals surface area contributed by atoms with Gasteiger partial charge in [-0.1, -0.05) is 29.1 Å². The number of hydrogen-bond acceptors (Lipinski definition) is 1. The van der Waals surface area contributed by atoms with E-state index >= 15 is 0 Å². The Morgan fingerprint density at radius 1 is 1.41 bits per heavy atom. The van der Waals surface area contributed by atoms with Crippen molar-refractivity contribution >= 4 is 29.1 Å². The molecule has 0 unspecified atom stereocenters. The average Bonchev–Trinajstić information content (AvgIpc) is 3.04. The van der Waals surface area contributed by atoms with Gasteiger partial charge >= 0.3 is 0 Å². The monoisotopic (exact) mass is 267 g/mol. The van der Waals surface area contributed by atoms with Gasteiger partial charge in [0.05, 0.1) is 6.54 Å². The lowest BCUT2D eigenvalue weighted by molar-refractivity contribution is -0.122. The van der Waals surface area contributed by atoms with Gasteiger partial charge in [0.25, 0.3) is 0 Å². The minimum Gasteiger partial charge on any atom is -0.345 e. The summed E-state index contributed by atoms with van der Waals surface area (Å²) in [7, 11) is 0. The predicted octanol–water partition coefficient (Wildman–Crippen LogP) is 2.85. The predicted molar refractivity (Wildman–Crippen MR) is 69.2 cm³/mol. The Labute approximate surface area is 110 Å². The summed E-state index contributed by atoms with van der Waals surface area (Å²) in [5.41, 5.74) is 1.02. The van der Waals surface area contributed by atoms with Crippen molar-refractivity contribution in [1.82, 2.24) is 5.32 Å². The molecule has 0 bridgehead atoms. The highest BCUT2D eigenvalue weighted by Gasteiger charge is 2.43. The molecule has 1 aliphatic rings. The smallest absolute Gasteiger partial charge is 0.224 e. The van der Waals surface area contributed by atoms with E-state index in [4.69, 9.17) is 29.6 Å². The van der Waals surface area contributed by atoms with Gasteiger partial charge < -0.3 is 5.32 Å². The van der Waals surface area contributed by atoms with Gasteiger partial charge in [-0.15, -0.1) is 6.42 Å². The molecule has 1 fully saturated rings. The summed E-state index contributed by atoms with van der Waals surface area (Å²) in [5.74, 6) is 2.59. The third-order valence-electron chi connectivity index (χ3n) is 2.80.